The molecule has 0 aliphatic carbocycles. The zero-order valence-corrected chi connectivity index (χ0v) is 14.7. The second-order valence-corrected chi connectivity index (χ2v) is 6.28. The summed E-state index contributed by atoms with van der Waals surface area (Å²) in [6.07, 6.45) is 4.69. The van der Waals surface area contributed by atoms with Gasteiger partial charge in [0.2, 0.25) is 5.88 Å². The van der Waals surface area contributed by atoms with E-state index >= 15 is 0 Å². The number of nitrogens with zero attached hydrogens (tertiary/aromatic N) is 5. The fraction of sp³-hybridized carbons (Fsp3) is 0.333. The SMILES string of the molecule is NC(=O)Oc1ccc2ncc(-c3cnn(CCN4CCOCC4)c3)cc2n1. The molecule has 2 N–H and O–H groups in total. The molecular weight excluding hydrogens is 348 g/mol. The number of aromatic nitrogens is 4. The van der Waals surface area contributed by atoms with Crippen molar-refractivity contribution in [2.24, 2.45) is 5.73 Å². The normalized spacial score (nSPS) is 15.1. The first-order valence-corrected chi connectivity index (χ1v) is 8.74. The predicted octanol–water partition coefficient (Wildman–Crippen LogP) is 1.28. The van der Waals surface area contributed by atoms with E-state index in [2.05, 4.69) is 20.0 Å². The van der Waals surface area contributed by atoms with Gasteiger partial charge in [0.15, 0.2) is 0 Å². The minimum absolute atomic E-state index is 0.148. The molecule has 140 valence electrons. The van der Waals surface area contributed by atoms with Crippen molar-refractivity contribution in [2.45, 2.75) is 6.54 Å². The highest BCUT2D eigenvalue weighted by molar-refractivity contribution is 5.80. The summed E-state index contributed by atoms with van der Waals surface area (Å²) >= 11 is 0. The van der Waals surface area contributed by atoms with Crippen molar-refractivity contribution in [3.05, 3.63) is 36.8 Å². The van der Waals surface area contributed by atoms with Crippen molar-refractivity contribution in [2.75, 3.05) is 32.8 Å². The molecule has 0 unspecified atom stereocenters. The average molecular weight is 368 g/mol. The first-order valence-electron chi connectivity index (χ1n) is 8.74. The fourth-order valence-electron chi connectivity index (χ4n) is 3.01. The van der Waals surface area contributed by atoms with Gasteiger partial charge < -0.3 is 15.2 Å². The molecule has 3 aromatic rings. The third-order valence-electron chi connectivity index (χ3n) is 4.43. The summed E-state index contributed by atoms with van der Waals surface area (Å²) in [5.41, 5.74) is 8.20. The summed E-state index contributed by atoms with van der Waals surface area (Å²) in [6.45, 7) is 5.27. The highest BCUT2D eigenvalue weighted by atomic mass is 16.6. The van der Waals surface area contributed by atoms with Gasteiger partial charge in [-0.1, -0.05) is 0 Å². The molecule has 1 saturated heterocycles. The van der Waals surface area contributed by atoms with E-state index in [4.69, 9.17) is 15.2 Å². The number of nitrogens with two attached hydrogens (primary N) is 1. The zero-order valence-electron chi connectivity index (χ0n) is 14.7. The Labute approximate surface area is 155 Å². The van der Waals surface area contributed by atoms with Crippen LogP contribution in [0.5, 0.6) is 5.88 Å². The number of morpholine rings is 1. The number of primary amides is 1. The molecule has 0 spiro atoms. The van der Waals surface area contributed by atoms with Crippen LogP contribution in [0.3, 0.4) is 0 Å². The van der Waals surface area contributed by atoms with Gasteiger partial charge in [-0.15, -0.1) is 0 Å². The zero-order chi connectivity index (χ0) is 18.6. The molecule has 1 amide bonds. The van der Waals surface area contributed by atoms with Crippen molar-refractivity contribution < 1.29 is 14.3 Å². The third-order valence-corrected chi connectivity index (χ3v) is 4.43. The number of rotatable bonds is 5. The Bertz CT molecular complexity index is 951. The van der Waals surface area contributed by atoms with Crippen LogP contribution < -0.4 is 10.5 Å². The lowest BCUT2D eigenvalue weighted by molar-refractivity contribution is 0.0360. The number of ether oxygens (including phenoxy) is 2. The highest BCUT2D eigenvalue weighted by Gasteiger charge is 2.11. The molecule has 0 radical (unpaired) electrons. The second-order valence-electron chi connectivity index (χ2n) is 6.28. The molecule has 3 aromatic heterocycles. The fourth-order valence-corrected chi connectivity index (χ4v) is 3.01. The summed E-state index contributed by atoms with van der Waals surface area (Å²) < 4.78 is 12.1. The van der Waals surface area contributed by atoms with Crippen LogP contribution in [0.15, 0.2) is 36.8 Å². The maximum atomic E-state index is 10.9. The molecule has 4 rings (SSSR count). The van der Waals surface area contributed by atoms with E-state index in [9.17, 15) is 4.79 Å². The van der Waals surface area contributed by atoms with E-state index < -0.39 is 6.09 Å². The number of hydrogen-bond donors (Lipinski definition) is 1. The molecule has 4 heterocycles. The lowest BCUT2D eigenvalue weighted by Crippen LogP contribution is -2.38. The molecule has 0 atom stereocenters. The molecule has 9 heteroatoms. The number of amides is 1. The van der Waals surface area contributed by atoms with Gasteiger partial charge in [-0.25, -0.2) is 9.78 Å². The Balaban J connectivity index is 1.49. The van der Waals surface area contributed by atoms with Crippen molar-refractivity contribution in [3.8, 4) is 17.0 Å². The molecular formula is C18H20N6O3. The lowest BCUT2D eigenvalue weighted by Gasteiger charge is -2.26. The van der Waals surface area contributed by atoms with Crippen LogP contribution in [-0.4, -0.2) is 63.6 Å². The van der Waals surface area contributed by atoms with Gasteiger partial charge in [0.05, 0.1) is 37.0 Å². The van der Waals surface area contributed by atoms with Crippen LogP contribution in [0.4, 0.5) is 4.79 Å². The van der Waals surface area contributed by atoms with E-state index in [0.717, 1.165) is 50.5 Å². The van der Waals surface area contributed by atoms with Crippen LogP contribution in [0.25, 0.3) is 22.2 Å². The summed E-state index contributed by atoms with van der Waals surface area (Å²) in [5, 5.41) is 4.44. The molecule has 0 bridgehead atoms. The largest absolute Gasteiger partial charge is 0.411 e. The van der Waals surface area contributed by atoms with Gasteiger partial charge in [0.1, 0.15) is 0 Å². The minimum atomic E-state index is -0.896. The number of pyridine rings is 2. The maximum Gasteiger partial charge on any atom is 0.411 e. The van der Waals surface area contributed by atoms with Crippen LogP contribution in [0, 0.1) is 0 Å². The van der Waals surface area contributed by atoms with Gasteiger partial charge in [0.25, 0.3) is 0 Å². The Morgan fingerprint density at radius 1 is 1.15 bits per heavy atom. The van der Waals surface area contributed by atoms with E-state index in [1.807, 2.05) is 23.1 Å². The lowest BCUT2D eigenvalue weighted by atomic mass is 10.1. The molecule has 1 fully saturated rings. The van der Waals surface area contributed by atoms with Gasteiger partial charge in [-0.3, -0.25) is 14.6 Å². The van der Waals surface area contributed by atoms with E-state index in [0.29, 0.717) is 11.0 Å². The second kappa shape index (κ2) is 7.68. The Kier molecular flexibility index (Phi) is 4.95. The van der Waals surface area contributed by atoms with Crippen molar-refractivity contribution in [1.82, 2.24) is 24.6 Å². The van der Waals surface area contributed by atoms with Gasteiger partial charge >= 0.3 is 6.09 Å². The van der Waals surface area contributed by atoms with Crippen LogP contribution in [-0.2, 0) is 11.3 Å². The maximum absolute atomic E-state index is 10.9. The van der Waals surface area contributed by atoms with Gasteiger partial charge in [0, 0.05) is 49.2 Å². The van der Waals surface area contributed by atoms with Crippen molar-refractivity contribution in [3.63, 3.8) is 0 Å². The number of carbonyl (C=O) groups is 1. The van der Waals surface area contributed by atoms with Crippen molar-refractivity contribution in [1.29, 1.82) is 0 Å². The number of hydrogen-bond acceptors (Lipinski definition) is 7. The number of fused-ring (bicyclic) bond motifs is 1. The van der Waals surface area contributed by atoms with Crippen LogP contribution in [0.2, 0.25) is 0 Å². The molecule has 1 aliphatic rings. The topological polar surface area (TPSA) is 108 Å². The predicted molar refractivity (Wildman–Crippen MR) is 98.2 cm³/mol. The Morgan fingerprint density at radius 3 is 2.81 bits per heavy atom. The van der Waals surface area contributed by atoms with Crippen LogP contribution >= 0.6 is 0 Å². The summed E-state index contributed by atoms with van der Waals surface area (Å²) in [5.74, 6) is 0.148. The molecule has 9 nitrogen and oxygen atoms in total. The number of carbonyl (C=O) groups excluding carboxylic acids is 1. The highest BCUT2D eigenvalue weighted by Crippen LogP contribution is 2.23. The van der Waals surface area contributed by atoms with E-state index in [1.165, 1.54) is 0 Å². The molecule has 1 aliphatic heterocycles. The van der Waals surface area contributed by atoms with Gasteiger partial charge in [-0.2, -0.15) is 5.10 Å². The smallest absolute Gasteiger partial charge is 0.391 e. The minimum Gasteiger partial charge on any atom is -0.391 e. The Morgan fingerprint density at radius 2 is 2.00 bits per heavy atom. The molecule has 27 heavy (non-hydrogen) atoms. The first-order chi connectivity index (χ1) is 13.2. The quantitative estimate of drug-likeness (QED) is 0.723. The third kappa shape index (κ3) is 4.21. The average Bonchev–Trinajstić information content (AvgIpc) is 3.15. The summed E-state index contributed by atoms with van der Waals surface area (Å²) in [6, 6.07) is 5.18. The Hall–Kier alpha value is -3.04. The monoisotopic (exact) mass is 368 g/mol. The molecule has 0 aromatic carbocycles. The first kappa shape index (κ1) is 17.4. The van der Waals surface area contributed by atoms with E-state index in [-0.39, 0.29) is 5.88 Å². The summed E-state index contributed by atoms with van der Waals surface area (Å²) in [7, 11) is 0. The van der Waals surface area contributed by atoms with Crippen molar-refractivity contribution >= 4 is 17.1 Å². The van der Waals surface area contributed by atoms with Crippen LogP contribution in [0.1, 0.15) is 0 Å². The standard InChI is InChI=1S/C18H20N6O3/c19-18(25)27-17-2-1-15-16(22-17)9-13(10-20-15)14-11-21-24(12-14)4-3-23-5-7-26-8-6-23/h1-2,9-12H,3-8H2,(H2,19,25). The van der Waals surface area contributed by atoms with Gasteiger partial charge in [-0.05, 0) is 12.1 Å². The molecule has 0 saturated carbocycles. The van der Waals surface area contributed by atoms with E-state index in [1.54, 1.807) is 18.3 Å². The summed E-state index contributed by atoms with van der Waals surface area (Å²) in [4.78, 5) is 22.0.